The Bertz CT molecular complexity index is 915. The molecule has 27 heavy (non-hydrogen) atoms. The Kier molecular flexibility index (Phi) is 5.07. The number of para-hydroxylation sites is 1. The Morgan fingerprint density at radius 3 is 3.00 bits per heavy atom. The number of nitrogens with zero attached hydrogens (tertiary/aromatic N) is 6. The maximum absolute atomic E-state index is 7.51. The van der Waals surface area contributed by atoms with Crippen LogP contribution in [0.2, 0.25) is 0 Å². The molecule has 0 amide bonds. The molecule has 0 aliphatic carbocycles. The molecule has 0 spiro atoms. The number of aliphatic imine (C=N–C) groups is 2. The first kappa shape index (κ1) is 17.9. The molecule has 0 fully saturated rings. The van der Waals surface area contributed by atoms with Crippen molar-refractivity contribution in [2.75, 3.05) is 24.5 Å². The molecule has 3 heterocycles. The van der Waals surface area contributed by atoms with E-state index < -0.39 is 0 Å². The summed E-state index contributed by atoms with van der Waals surface area (Å²) in [6, 6.07) is 7.69. The largest absolute Gasteiger partial charge is 0.331 e. The third kappa shape index (κ3) is 3.29. The minimum atomic E-state index is 0.663. The molecule has 2 aliphatic heterocycles. The lowest BCUT2D eigenvalue weighted by Crippen LogP contribution is -2.47. The molecule has 140 valence electrons. The number of anilines is 1. The third-order valence-corrected chi connectivity index (χ3v) is 5.38. The molecular weight excluding hydrogens is 406 g/mol. The number of hydrogen-bond donors (Lipinski definition) is 1. The van der Waals surface area contributed by atoms with Crippen molar-refractivity contribution < 1.29 is 0 Å². The van der Waals surface area contributed by atoms with Crippen LogP contribution in [0.5, 0.6) is 0 Å². The van der Waals surface area contributed by atoms with Crippen LogP contribution in [0, 0.1) is 5.41 Å². The zero-order valence-corrected chi connectivity index (χ0v) is 16.9. The second kappa shape index (κ2) is 7.64. The van der Waals surface area contributed by atoms with E-state index in [-0.39, 0.29) is 0 Å². The van der Waals surface area contributed by atoms with E-state index in [9.17, 15) is 0 Å². The molecule has 0 unspecified atom stereocenters. The third-order valence-electron chi connectivity index (χ3n) is 4.77. The molecule has 8 heteroatoms. The summed E-state index contributed by atoms with van der Waals surface area (Å²) in [5.74, 6) is 2.00. The fourth-order valence-electron chi connectivity index (χ4n) is 3.54. The van der Waals surface area contributed by atoms with E-state index in [1.807, 2.05) is 30.5 Å². The van der Waals surface area contributed by atoms with Gasteiger partial charge in [-0.05, 0) is 28.4 Å². The molecular formula is C19H22BrN7. The van der Waals surface area contributed by atoms with Crippen molar-refractivity contribution in [1.29, 1.82) is 5.41 Å². The molecule has 2 aromatic rings. The van der Waals surface area contributed by atoms with Gasteiger partial charge in [-0.2, -0.15) is 0 Å². The Morgan fingerprint density at radius 2 is 2.19 bits per heavy atom. The van der Waals surface area contributed by atoms with Crippen LogP contribution in [-0.4, -0.2) is 52.5 Å². The number of nitrogens with one attached hydrogen (secondary N) is 1. The van der Waals surface area contributed by atoms with Gasteiger partial charge in [-0.1, -0.05) is 25.1 Å². The number of hydrogen-bond acceptors (Lipinski definition) is 6. The normalized spacial score (nSPS) is 15.9. The molecule has 1 aromatic heterocycles. The van der Waals surface area contributed by atoms with Gasteiger partial charge in [0.2, 0.25) is 5.96 Å². The van der Waals surface area contributed by atoms with Crippen LogP contribution < -0.4 is 4.90 Å². The highest BCUT2D eigenvalue weighted by Gasteiger charge is 2.35. The molecule has 1 N–H and O–H groups in total. The van der Waals surface area contributed by atoms with Crippen molar-refractivity contribution in [2.45, 2.75) is 26.4 Å². The number of guanidine groups is 1. The summed E-state index contributed by atoms with van der Waals surface area (Å²) >= 11 is 3.61. The van der Waals surface area contributed by atoms with Gasteiger partial charge in [-0.15, -0.1) is 0 Å². The van der Waals surface area contributed by atoms with Gasteiger partial charge in [0.15, 0.2) is 10.6 Å². The van der Waals surface area contributed by atoms with Crippen LogP contribution in [0.3, 0.4) is 0 Å². The molecule has 0 saturated heterocycles. The van der Waals surface area contributed by atoms with Crippen molar-refractivity contribution in [2.24, 2.45) is 9.98 Å². The Morgan fingerprint density at radius 1 is 1.33 bits per heavy atom. The lowest BCUT2D eigenvalue weighted by molar-refractivity contribution is 0.432. The van der Waals surface area contributed by atoms with Crippen LogP contribution >= 0.6 is 15.9 Å². The summed E-state index contributed by atoms with van der Waals surface area (Å²) in [7, 11) is 0. The average molecular weight is 428 g/mol. The van der Waals surface area contributed by atoms with Gasteiger partial charge in [0.1, 0.15) is 0 Å². The van der Waals surface area contributed by atoms with Crippen molar-refractivity contribution in [3.63, 3.8) is 0 Å². The quantitative estimate of drug-likeness (QED) is 0.717. The Hall–Kier alpha value is -2.48. The highest BCUT2D eigenvalue weighted by atomic mass is 79.9. The predicted octanol–water partition coefficient (Wildman–Crippen LogP) is 3.45. The molecule has 1 aromatic carbocycles. The van der Waals surface area contributed by atoms with Crippen LogP contribution in [0.25, 0.3) is 0 Å². The summed E-state index contributed by atoms with van der Waals surface area (Å²) in [5.41, 5.74) is 2.85. The minimum absolute atomic E-state index is 0.663. The number of fused-ring (bicyclic) bond motifs is 3. The monoisotopic (exact) mass is 427 g/mol. The van der Waals surface area contributed by atoms with Crippen LogP contribution in [0.1, 0.15) is 24.6 Å². The van der Waals surface area contributed by atoms with E-state index in [1.54, 1.807) is 0 Å². The van der Waals surface area contributed by atoms with Crippen LogP contribution in [0.15, 0.2) is 39.0 Å². The van der Waals surface area contributed by atoms with Crippen molar-refractivity contribution in [3.8, 4) is 0 Å². The first-order valence-electron chi connectivity index (χ1n) is 9.16. The molecule has 0 atom stereocenters. The van der Waals surface area contributed by atoms with Crippen molar-refractivity contribution in [1.82, 2.24) is 14.5 Å². The van der Waals surface area contributed by atoms with Crippen molar-refractivity contribution >= 4 is 45.8 Å². The Labute approximate surface area is 167 Å². The topological polar surface area (TPSA) is 72.9 Å². The van der Waals surface area contributed by atoms with E-state index >= 15 is 0 Å². The van der Waals surface area contributed by atoms with Crippen molar-refractivity contribution in [3.05, 3.63) is 40.3 Å². The van der Waals surface area contributed by atoms with E-state index in [0.29, 0.717) is 6.54 Å². The van der Waals surface area contributed by atoms with Gasteiger partial charge in [0.05, 0.1) is 31.0 Å². The minimum Gasteiger partial charge on any atom is -0.331 e. The molecule has 4 rings (SSSR count). The standard InChI is InChI=1S/C19H22BrN7/c1-2-9-26-16-13-25(10-7-22-15-6-4-3-5-14(15)12-21)19-23-8-11-27(19)17(16)24-18(26)20/h3-7,12,21H,2,8-11,13H2,1H3. The molecule has 7 nitrogen and oxygen atoms in total. The summed E-state index contributed by atoms with van der Waals surface area (Å²) < 4.78 is 3.13. The highest BCUT2D eigenvalue weighted by molar-refractivity contribution is 9.10. The number of imidazole rings is 1. The average Bonchev–Trinajstić information content (AvgIpc) is 3.28. The van der Waals surface area contributed by atoms with Gasteiger partial charge in [0.25, 0.3) is 0 Å². The van der Waals surface area contributed by atoms with E-state index in [0.717, 1.165) is 60.4 Å². The summed E-state index contributed by atoms with van der Waals surface area (Å²) in [6.45, 7) is 6.20. The fourth-order valence-corrected chi connectivity index (χ4v) is 4.10. The summed E-state index contributed by atoms with van der Waals surface area (Å²) in [5, 5.41) is 7.51. The highest BCUT2D eigenvalue weighted by Crippen LogP contribution is 2.32. The van der Waals surface area contributed by atoms with E-state index in [1.165, 1.54) is 11.9 Å². The second-order valence-electron chi connectivity index (χ2n) is 6.53. The SMILES string of the molecule is CCCn1c(Br)nc2c1CN(CC=Nc1ccccc1C=N)C1=NCCN12. The van der Waals surface area contributed by atoms with Crippen LogP contribution in [-0.2, 0) is 13.1 Å². The first-order valence-corrected chi connectivity index (χ1v) is 9.96. The first-order chi connectivity index (χ1) is 13.2. The van der Waals surface area contributed by atoms with Gasteiger partial charge >= 0.3 is 0 Å². The zero-order chi connectivity index (χ0) is 18.8. The molecule has 0 saturated carbocycles. The van der Waals surface area contributed by atoms with Gasteiger partial charge in [-0.3, -0.25) is 14.9 Å². The zero-order valence-electron chi connectivity index (χ0n) is 15.3. The summed E-state index contributed by atoms with van der Waals surface area (Å²) in [6.07, 6.45) is 4.30. The fraction of sp³-hybridized carbons (Fsp3) is 0.368. The second-order valence-corrected chi connectivity index (χ2v) is 7.24. The molecule has 0 bridgehead atoms. The van der Waals surface area contributed by atoms with E-state index in [4.69, 9.17) is 10.4 Å². The van der Waals surface area contributed by atoms with Gasteiger partial charge in [-0.25, -0.2) is 4.98 Å². The number of benzene rings is 1. The maximum atomic E-state index is 7.51. The predicted molar refractivity (Wildman–Crippen MR) is 113 cm³/mol. The summed E-state index contributed by atoms with van der Waals surface area (Å²) in [4.78, 5) is 18.5. The lowest BCUT2D eigenvalue weighted by Gasteiger charge is -2.34. The lowest BCUT2D eigenvalue weighted by atomic mass is 10.2. The Balaban J connectivity index is 1.59. The number of rotatable bonds is 6. The number of halogens is 1. The molecule has 0 radical (unpaired) electrons. The number of aromatic nitrogens is 2. The molecule has 2 aliphatic rings. The maximum Gasteiger partial charge on any atom is 0.203 e. The van der Waals surface area contributed by atoms with Gasteiger partial charge in [0, 0.05) is 31.1 Å². The van der Waals surface area contributed by atoms with E-state index in [2.05, 4.69) is 47.2 Å². The van der Waals surface area contributed by atoms with Crippen LogP contribution in [0.4, 0.5) is 11.5 Å². The smallest absolute Gasteiger partial charge is 0.203 e. The van der Waals surface area contributed by atoms with Gasteiger partial charge < -0.3 is 14.9 Å².